The smallest absolute Gasteiger partial charge is 0.331 e. The molecule has 0 radical (unpaired) electrons. The Labute approximate surface area is 224 Å². The number of hydrogen-bond acceptors (Lipinski definition) is 9. The van der Waals surface area contributed by atoms with Gasteiger partial charge in [-0.3, -0.25) is 0 Å². The molecule has 2 heterocycles. The molecule has 214 valence electrons. The minimum Gasteiger partial charge on any atom is -0.458 e. The van der Waals surface area contributed by atoms with Gasteiger partial charge in [0.2, 0.25) is 0 Å². The molecule has 2 aliphatic heterocycles. The number of carbonyl (C=O) groups is 1. The van der Waals surface area contributed by atoms with Crippen LogP contribution in [0.4, 0.5) is 0 Å². The molecule has 0 bridgehead atoms. The molecule has 38 heavy (non-hydrogen) atoms. The lowest BCUT2D eigenvalue weighted by Gasteiger charge is -2.63. The highest BCUT2D eigenvalue weighted by Gasteiger charge is 2.70. The monoisotopic (exact) mass is 536 g/mol. The third kappa shape index (κ3) is 3.80. The van der Waals surface area contributed by atoms with Crippen molar-refractivity contribution in [3.8, 4) is 0 Å². The molecule has 6 aliphatic rings. The van der Waals surface area contributed by atoms with Crippen molar-refractivity contribution in [1.29, 1.82) is 0 Å². The fourth-order valence-electron chi connectivity index (χ4n) is 9.89. The summed E-state index contributed by atoms with van der Waals surface area (Å²) in [6.07, 6.45) is 1.83. The molecule has 1 saturated heterocycles. The van der Waals surface area contributed by atoms with Crippen molar-refractivity contribution in [2.75, 3.05) is 6.61 Å². The molecule has 4 saturated carbocycles. The second kappa shape index (κ2) is 9.23. The molecule has 6 rings (SSSR count). The van der Waals surface area contributed by atoms with Gasteiger partial charge in [-0.2, -0.15) is 0 Å². The molecule has 0 aromatic rings. The SMILES string of the molecule is C[C@@H]1O[C@@H](O[C@H]2CC[C@@]3(C)[C@@H](CC[C@@H]4[C@@H]3CC[C@]3(C)[C@@H](C5=CC(=O)OC5)[C@@H](O)C[C@]43O)C2)[C@H](O)[C@H](O)[C@H]1O. The second-order valence-corrected chi connectivity index (χ2v) is 13.7. The first kappa shape index (κ1) is 27.1. The zero-order valence-corrected chi connectivity index (χ0v) is 22.7. The fourth-order valence-corrected chi connectivity index (χ4v) is 9.89. The van der Waals surface area contributed by atoms with E-state index in [-0.39, 0.29) is 35.9 Å². The molecule has 5 fully saturated rings. The van der Waals surface area contributed by atoms with Crippen LogP contribution >= 0.6 is 0 Å². The van der Waals surface area contributed by atoms with Crippen LogP contribution in [-0.4, -0.2) is 86.6 Å². The Morgan fingerprint density at radius 1 is 0.974 bits per heavy atom. The minimum atomic E-state index is -1.30. The normalized spacial score (nSPS) is 56.5. The average molecular weight is 537 g/mol. The van der Waals surface area contributed by atoms with Crippen LogP contribution in [0.3, 0.4) is 0 Å². The van der Waals surface area contributed by atoms with Crippen molar-refractivity contribution in [3.63, 3.8) is 0 Å². The average Bonchev–Trinajstić information content (AvgIpc) is 3.37. The summed E-state index contributed by atoms with van der Waals surface area (Å²) in [5.41, 5.74) is -0.658. The maximum atomic E-state index is 12.4. The van der Waals surface area contributed by atoms with Crippen molar-refractivity contribution >= 4 is 5.97 Å². The van der Waals surface area contributed by atoms with E-state index in [0.29, 0.717) is 18.3 Å². The van der Waals surface area contributed by atoms with Gasteiger partial charge in [0.15, 0.2) is 6.29 Å². The van der Waals surface area contributed by atoms with Gasteiger partial charge in [-0.25, -0.2) is 4.79 Å². The Kier molecular flexibility index (Phi) is 6.58. The van der Waals surface area contributed by atoms with E-state index >= 15 is 0 Å². The highest BCUT2D eigenvalue weighted by Crippen LogP contribution is 2.70. The molecular formula is C29H44O9. The van der Waals surface area contributed by atoms with Gasteiger partial charge in [-0.15, -0.1) is 0 Å². The van der Waals surface area contributed by atoms with Crippen molar-refractivity contribution in [1.82, 2.24) is 0 Å². The van der Waals surface area contributed by atoms with Gasteiger partial charge in [-0.1, -0.05) is 13.8 Å². The summed E-state index contributed by atoms with van der Waals surface area (Å²) < 4.78 is 17.1. The Morgan fingerprint density at radius 3 is 2.45 bits per heavy atom. The van der Waals surface area contributed by atoms with Crippen molar-refractivity contribution in [2.45, 2.75) is 121 Å². The number of aliphatic hydroxyl groups excluding tert-OH is 4. The molecule has 14 atom stereocenters. The lowest BCUT2D eigenvalue weighted by molar-refractivity contribution is -0.310. The van der Waals surface area contributed by atoms with Crippen molar-refractivity contribution < 1.29 is 44.5 Å². The Morgan fingerprint density at radius 2 is 1.74 bits per heavy atom. The fraction of sp³-hybridized carbons (Fsp3) is 0.897. The molecule has 9 nitrogen and oxygen atoms in total. The van der Waals surface area contributed by atoms with E-state index in [0.717, 1.165) is 50.5 Å². The number of carbonyl (C=O) groups excluding carboxylic acids is 1. The Balaban J connectivity index is 1.18. The largest absolute Gasteiger partial charge is 0.458 e. The van der Waals surface area contributed by atoms with Crippen LogP contribution < -0.4 is 0 Å². The molecule has 0 unspecified atom stereocenters. The molecule has 5 N–H and O–H groups in total. The van der Waals surface area contributed by atoms with Crippen LogP contribution in [0.2, 0.25) is 0 Å². The first-order valence-electron chi connectivity index (χ1n) is 14.5. The number of rotatable bonds is 3. The predicted octanol–water partition coefficient (Wildman–Crippen LogP) is 1.43. The van der Waals surface area contributed by atoms with Gasteiger partial charge < -0.3 is 39.7 Å². The number of hydrogen-bond donors (Lipinski definition) is 5. The number of esters is 1. The van der Waals surface area contributed by atoms with E-state index in [1.807, 2.05) is 0 Å². The van der Waals surface area contributed by atoms with Crippen molar-refractivity contribution in [2.24, 2.45) is 34.5 Å². The van der Waals surface area contributed by atoms with Gasteiger partial charge >= 0.3 is 5.97 Å². The summed E-state index contributed by atoms with van der Waals surface area (Å²) in [4.78, 5) is 11.8. The van der Waals surface area contributed by atoms with E-state index in [1.54, 1.807) is 6.92 Å². The lowest BCUT2D eigenvalue weighted by Crippen LogP contribution is -2.62. The predicted molar refractivity (Wildman–Crippen MR) is 134 cm³/mol. The summed E-state index contributed by atoms with van der Waals surface area (Å²) in [7, 11) is 0. The lowest BCUT2D eigenvalue weighted by atomic mass is 9.43. The quantitative estimate of drug-likeness (QED) is 0.267. The van der Waals surface area contributed by atoms with Crippen LogP contribution in [0.25, 0.3) is 0 Å². The molecule has 0 amide bonds. The van der Waals surface area contributed by atoms with Crippen molar-refractivity contribution in [3.05, 3.63) is 11.6 Å². The topological polar surface area (TPSA) is 146 Å². The molecule has 0 aromatic carbocycles. The summed E-state index contributed by atoms with van der Waals surface area (Å²) in [5.74, 6) is 0.176. The third-order valence-electron chi connectivity index (χ3n) is 12.0. The van der Waals surface area contributed by atoms with E-state index in [1.165, 1.54) is 6.08 Å². The van der Waals surface area contributed by atoms with E-state index in [2.05, 4.69) is 13.8 Å². The van der Waals surface area contributed by atoms with Gasteiger partial charge in [0.1, 0.15) is 24.9 Å². The van der Waals surface area contributed by atoms with E-state index in [4.69, 9.17) is 14.2 Å². The molecular weight excluding hydrogens is 492 g/mol. The zero-order chi connectivity index (χ0) is 27.2. The number of cyclic esters (lactones) is 1. The summed E-state index contributed by atoms with van der Waals surface area (Å²) in [6.45, 7) is 6.33. The molecule has 0 spiro atoms. The van der Waals surface area contributed by atoms with Gasteiger partial charge in [0.25, 0.3) is 0 Å². The summed E-state index contributed by atoms with van der Waals surface area (Å²) in [5, 5.41) is 54.2. The highest BCUT2D eigenvalue weighted by atomic mass is 16.7. The van der Waals surface area contributed by atoms with Gasteiger partial charge in [0, 0.05) is 23.8 Å². The first-order chi connectivity index (χ1) is 17.9. The van der Waals surface area contributed by atoms with Crippen LogP contribution in [0.5, 0.6) is 0 Å². The number of ether oxygens (including phenoxy) is 3. The number of aliphatic hydroxyl groups is 5. The molecule has 9 heteroatoms. The van der Waals surface area contributed by atoms with Gasteiger partial charge in [0.05, 0.1) is 23.9 Å². The summed E-state index contributed by atoms with van der Waals surface area (Å²) in [6, 6.07) is 0. The molecule has 4 aliphatic carbocycles. The third-order valence-corrected chi connectivity index (χ3v) is 12.0. The Bertz CT molecular complexity index is 985. The van der Waals surface area contributed by atoms with Crippen LogP contribution in [0.15, 0.2) is 11.6 Å². The van der Waals surface area contributed by atoms with Crippen LogP contribution in [0.1, 0.15) is 72.1 Å². The zero-order valence-electron chi connectivity index (χ0n) is 22.7. The Hall–Kier alpha value is -1.07. The maximum Gasteiger partial charge on any atom is 0.331 e. The molecule has 0 aromatic heterocycles. The maximum absolute atomic E-state index is 12.4. The highest BCUT2D eigenvalue weighted by molar-refractivity contribution is 5.85. The van der Waals surface area contributed by atoms with Gasteiger partial charge in [-0.05, 0) is 80.6 Å². The minimum absolute atomic E-state index is 0.0314. The van der Waals surface area contributed by atoms with Crippen LogP contribution in [-0.2, 0) is 19.0 Å². The van der Waals surface area contributed by atoms with E-state index < -0.39 is 47.8 Å². The first-order valence-corrected chi connectivity index (χ1v) is 14.5. The number of fused-ring (bicyclic) bond motifs is 5. The second-order valence-electron chi connectivity index (χ2n) is 13.7. The summed E-state index contributed by atoms with van der Waals surface area (Å²) >= 11 is 0. The standard InChI is InChI=1S/C29H44O9/c1-14-23(32)24(33)25(34)26(37-14)38-17-6-8-27(2)16(11-17)4-5-19-18(27)7-9-28(3)22(15-10-21(31)36-13-15)20(30)12-29(19,28)35/h10,14,16-20,22-26,30,32-35H,4-9,11-13H2,1-3H3/t14-,16-,17-,18-,19+,20-,22-,23-,24+,25+,26-,27-,28+,29-/m0/s1. The van der Waals surface area contributed by atoms with Crippen LogP contribution in [0, 0.1) is 34.5 Å². The van der Waals surface area contributed by atoms with E-state index in [9.17, 15) is 30.3 Å².